The molecule has 2 aromatic heterocycles. The predicted molar refractivity (Wildman–Crippen MR) is 113 cm³/mol. The van der Waals surface area contributed by atoms with Gasteiger partial charge in [-0.15, -0.1) is 0 Å². The molecule has 0 aliphatic carbocycles. The number of halogens is 2. The van der Waals surface area contributed by atoms with Crippen molar-refractivity contribution >= 4 is 17.5 Å². The fourth-order valence-corrected chi connectivity index (χ4v) is 4.12. The van der Waals surface area contributed by atoms with Crippen molar-refractivity contribution in [3.05, 3.63) is 100 Å². The van der Waals surface area contributed by atoms with Crippen LogP contribution in [-0.4, -0.2) is 31.1 Å². The number of nitrogens with one attached hydrogen (secondary N) is 1. The molecule has 0 saturated carbocycles. The van der Waals surface area contributed by atoms with E-state index in [1.807, 2.05) is 6.07 Å². The number of aromatic nitrogens is 3. The number of aromatic hydroxyl groups is 1. The molecule has 31 heavy (non-hydrogen) atoms. The molecule has 6 nitrogen and oxygen atoms in total. The molecule has 1 amide bonds. The van der Waals surface area contributed by atoms with Crippen molar-refractivity contribution in [2.45, 2.75) is 12.6 Å². The van der Waals surface area contributed by atoms with Gasteiger partial charge in [0.1, 0.15) is 23.0 Å². The van der Waals surface area contributed by atoms with Crippen molar-refractivity contribution in [1.29, 1.82) is 0 Å². The van der Waals surface area contributed by atoms with Crippen molar-refractivity contribution in [2.24, 2.45) is 0 Å². The van der Waals surface area contributed by atoms with Crippen LogP contribution in [0.2, 0.25) is 5.02 Å². The highest BCUT2D eigenvalue weighted by Crippen LogP contribution is 2.45. The molecule has 0 radical (unpaired) electrons. The molecule has 1 unspecified atom stereocenters. The van der Waals surface area contributed by atoms with Gasteiger partial charge in [0.05, 0.1) is 6.04 Å². The van der Waals surface area contributed by atoms with Crippen LogP contribution in [0.3, 0.4) is 0 Å². The number of phenolic OH excluding ortho intramolecular Hbond substituents is 1. The van der Waals surface area contributed by atoms with Gasteiger partial charge in [-0.2, -0.15) is 5.10 Å². The summed E-state index contributed by atoms with van der Waals surface area (Å²) in [5.74, 6) is -0.616. The lowest BCUT2D eigenvalue weighted by Crippen LogP contribution is -2.29. The molecular weight excluding hydrogens is 419 g/mol. The fourth-order valence-electron chi connectivity index (χ4n) is 3.94. The van der Waals surface area contributed by atoms with Crippen molar-refractivity contribution in [2.75, 3.05) is 0 Å². The summed E-state index contributed by atoms with van der Waals surface area (Å²) < 4.78 is 13.6. The van der Waals surface area contributed by atoms with Gasteiger partial charge in [-0.05, 0) is 47.5 Å². The average molecular weight is 435 g/mol. The zero-order chi connectivity index (χ0) is 21.5. The van der Waals surface area contributed by atoms with Gasteiger partial charge in [-0.1, -0.05) is 29.8 Å². The third-order valence-corrected chi connectivity index (χ3v) is 5.57. The second-order valence-corrected chi connectivity index (χ2v) is 7.71. The first-order chi connectivity index (χ1) is 15.0. The second-order valence-electron chi connectivity index (χ2n) is 7.27. The van der Waals surface area contributed by atoms with E-state index in [4.69, 9.17) is 11.6 Å². The summed E-state index contributed by atoms with van der Waals surface area (Å²) in [6.45, 7) is 0.304. The number of benzene rings is 2. The lowest BCUT2D eigenvalue weighted by molar-refractivity contribution is 0.0730. The Bertz CT molecular complexity index is 1270. The van der Waals surface area contributed by atoms with E-state index in [1.54, 1.807) is 47.6 Å². The van der Waals surface area contributed by atoms with Gasteiger partial charge >= 0.3 is 0 Å². The molecule has 3 heterocycles. The molecule has 4 aromatic rings. The summed E-state index contributed by atoms with van der Waals surface area (Å²) in [4.78, 5) is 19.1. The second kappa shape index (κ2) is 7.52. The van der Waals surface area contributed by atoms with E-state index < -0.39 is 6.04 Å². The highest BCUT2D eigenvalue weighted by Gasteiger charge is 2.42. The first-order valence-electron chi connectivity index (χ1n) is 9.55. The lowest BCUT2D eigenvalue weighted by Gasteiger charge is -2.26. The molecule has 8 heteroatoms. The minimum Gasteiger partial charge on any atom is -0.507 e. The first-order valence-corrected chi connectivity index (χ1v) is 9.93. The van der Waals surface area contributed by atoms with E-state index in [0.717, 1.165) is 11.1 Å². The predicted octanol–water partition coefficient (Wildman–Crippen LogP) is 4.72. The van der Waals surface area contributed by atoms with Gasteiger partial charge in [0.25, 0.3) is 5.91 Å². The number of nitrogens with zero attached hydrogens (tertiary/aromatic N) is 3. The van der Waals surface area contributed by atoms with Crippen LogP contribution in [0.4, 0.5) is 4.39 Å². The van der Waals surface area contributed by atoms with Crippen LogP contribution in [0.5, 0.6) is 5.75 Å². The Balaban J connectivity index is 1.68. The Morgan fingerprint density at radius 2 is 1.97 bits per heavy atom. The third-order valence-electron chi connectivity index (χ3n) is 5.34. The van der Waals surface area contributed by atoms with Crippen molar-refractivity contribution in [3.63, 3.8) is 0 Å². The monoisotopic (exact) mass is 434 g/mol. The van der Waals surface area contributed by atoms with Crippen LogP contribution in [0.25, 0.3) is 11.3 Å². The maximum Gasteiger partial charge on any atom is 0.273 e. The van der Waals surface area contributed by atoms with Crippen LogP contribution < -0.4 is 0 Å². The molecule has 5 rings (SSSR count). The molecule has 154 valence electrons. The fraction of sp³-hybridized carbons (Fsp3) is 0.0870. The van der Waals surface area contributed by atoms with E-state index in [1.165, 1.54) is 18.2 Å². The Labute approximate surface area is 181 Å². The summed E-state index contributed by atoms with van der Waals surface area (Å²) >= 11 is 6.15. The van der Waals surface area contributed by atoms with E-state index in [0.29, 0.717) is 34.1 Å². The minimum absolute atomic E-state index is 0.00489. The first kappa shape index (κ1) is 19.3. The van der Waals surface area contributed by atoms with E-state index in [-0.39, 0.29) is 17.5 Å². The molecule has 0 spiro atoms. The van der Waals surface area contributed by atoms with Gasteiger partial charge in [-0.25, -0.2) is 4.39 Å². The number of aromatic amines is 1. The SMILES string of the molecule is O=C1c2[nH]nc(-c3cc(Cl)ccc3O)c2C(c2ccc(F)cc2)N1Cc1cccnc1. The number of pyridine rings is 1. The zero-order valence-electron chi connectivity index (χ0n) is 16.1. The van der Waals surface area contributed by atoms with E-state index in [9.17, 15) is 14.3 Å². The Hall–Kier alpha value is -3.71. The molecule has 2 aromatic carbocycles. The maximum absolute atomic E-state index is 13.6. The van der Waals surface area contributed by atoms with Crippen LogP contribution in [0.15, 0.2) is 67.0 Å². The molecular formula is C23H16ClFN4O2. The third kappa shape index (κ3) is 3.33. The topological polar surface area (TPSA) is 82.1 Å². The van der Waals surface area contributed by atoms with Gasteiger partial charge in [0, 0.05) is 35.1 Å². The van der Waals surface area contributed by atoms with Crippen LogP contribution >= 0.6 is 11.6 Å². The minimum atomic E-state index is -0.532. The zero-order valence-corrected chi connectivity index (χ0v) is 16.8. The molecule has 1 aliphatic heterocycles. The lowest BCUT2D eigenvalue weighted by atomic mass is 9.95. The Kier molecular flexibility index (Phi) is 4.67. The number of carbonyl (C=O) groups excluding carboxylic acids is 1. The molecule has 1 aliphatic rings. The summed E-state index contributed by atoms with van der Waals surface area (Å²) in [5, 5.41) is 18.0. The summed E-state index contributed by atoms with van der Waals surface area (Å²) in [7, 11) is 0. The van der Waals surface area contributed by atoms with E-state index in [2.05, 4.69) is 15.2 Å². The largest absolute Gasteiger partial charge is 0.507 e. The number of fused-ring (bicyclic) bond motifs is 1. The standard InChI is InChI=1S/C23H16ClFN4O2/c24-15-5-8-18(30)17(10-15)20-19-21(28-27-20)23(31)29(12-13-2-1-9-26-11-13)22(19)14-3-6-16(25)7-4-14/h1-11,22,30H,12H2,(H,27,28). The number of hydrogen-bond donors (Lipinski definition) is 2. The van der Waals surface area contributed by atoms with Gasteiger partial charge < -0.3 is 10.0 Å². The van der Waals surface area contributed by atoms with Crippen molar-refractivity contribution in [1.82, 2.24) is 20.1 Å². The van der Waals surface area contributed by atoms with E-state index >= 15 is 0 Å². The van der Waals surface area contributed by atoms with Crippen LogP contribution in [0.1, 0.15) is 33.2 Å². The summed E-state index contributed by atoms with van der Waals surface area (Å²) in [6, 6.07) is 13.8. The molecule has 1 atom stereocenters. The number of carbonyl (C=O) groups is 1. The van der Waals surface area contributed by atoms with Gasteiger partial charge in [-0.3, -0.25) is 14.9 Å². The molecule has 0 bridgehead atoms. The highest BCUT2D eigenvalue weighted by atomic mass is 35.5. The Morgan fingerprint density at radius 1 is 1.16 bits per heavy atom. The van der Waals surface area contributed by atoms with Gasteiger partial charge in [0.15, 0.2) is 0 Å². The molecule has 0 fully saturated rings. The number of H-pyrrole nitrogens is 1. The summed E-state index contributed by atoms with van der Waals surface area (Å²) in [6.07, 6.45) is 3.36. The van der Waals surface area contributed by atoms with Crippen LogP contribution in [0, 0.1) is 5.82 Å². The van der Waals surface area contributed by atoms with Gasteiger partial charge in [0.2, 0.25) is 0 Å². The quantitative estimate of drug-likeness (QED) is 0.487. The molecule has 2 N–H and O–H groups in total. The maximum atomic E-state index is 13.6. The highest BCUT2D eigenvalue weighted by molar-refractivity contribution is 6.31. The smallest absolute Gasteiger partial charge is 0.273 e. The Morgan fingerprint density at radius 3 is 2.71 bits per heavy atom. The number of amides is 1. The van der Waals surface area contributed by atoms with Crippen molar-refractivity contribution in [3.8, 4) is 17.0 Å². The van der Waals surface area contributed by atoms with Crippen LogP contribution in [-0.2, 0) is 6.54 Å². The molecule has 0 saturated heterocycles. The number of rotatable bonds is 4. The number of hydrogen-bond acceptors (Lipinski definition) is 4. The number of phenols is 1. The summed E-state index contributed by atoms with van der Waals surface area (Å²) in [5.41, 5.74) is 3.35. The normalized spacial score (nSPS) is 15.4. The average Bonchev–Trinajstić information content (AvgIpc) is 3.31. The van der Waals surface area contributed by atoms with Crippen molar-refractivity contribution < 1.29 is 14.3 Å².